The summed E-state index contributed by atoms with van der Waals surface area (Å²) in [6.07, 6.45) is 1.62. The Morgan fingerprint density at radius 1 is 1.47 bits per heavy atom. The fraction of sp³-hybridized carbons (Fsp3) is 0.250. The van der Waals surface area contributed by atoms with Crippen LogP contribution in [0.3, 0.4) is 0 Å². The van der Waals surface area contributed by atoms with Crippen molar-refractivity contribution in [2.24, 2.45) is 5.73 Å². The summed E-state index contributed by atoms with van der Waals surface area (Å²) in [6, 6.07) is 5.02. The molecule has 0 bridgehead atoms. The van der Waals surface area contributed by atoms with E-state index in [1.165, 1.54) is 28.9 Å². The summed E-state index contributed by atoms with van der Waals surface area (Å²) in [5.41, 5.74) is 6.56. The normalized spacial score (nSPS) is 12.2. The Kier molecular flexibility index (Phi) is 3.86. The lowest BCUT2D eigenvalue weighted by molar-refractivity contribution is -0.119. The van der Waals surface area contributed by atoms with Crippen LogP contribution < -0.4 is 11.1 Å². The van der Waals surface area contributed by atoms with E-state index in [0.29, 0.717) is 11.4 Å². The van der Waals surface area contributed by atoms with Crippen molar-refractivity contribution in [3.8, 4) is 0 Å². The second-order valence-electron chi connectivity index (χ2n) is 4.07. The molecule has 2 aromatic rings. The summed E-state index contributed by atoms with van der Waals surface area (Å²) in [4.78, 5) is 12.0. The summed E-state index contributed by atoms with van der Waals surface area (Å²) in [5.74, 6) is -0.616. The van der Waals surface area contributed by atoms with Gasteiger partial charge in [-0.05, 0) is 31.2 Å². The number of anilines is 1. The molecule has 1 aromatic heterocycles. The fourth-order valence-corrected chi connectivity index (χ4v) is 1.50. The molecule has 100 valence electrons. The van der Waals surface area contributed by atoms with Gasteiger partial charge >= 0.3 is 0 Å². The van der Waals surface area contributed by atoms with Crippen molar-refractivity contribution in [1.82, 2.24) is 15.0 Å². The molecule has 0 aliphatic rings. The predicted octanol–water partition coefficient (Wildman–Crippen LogP) is 1.08. The fourth-order valence-electron chi connectivity index (χ4n) is 1.50. The van der Waals surface area contributed by atoms with E-state index in [1.54, 1.807) is 13.1 Å². The van der Waals surface area contributed by atoms with Gasteiger partial charge in [-0.15, -0.1) is 5.10 Å². The van der Waals surface area contributed by atoms with Crippen molar-refractivity contribution < 1.29 is 9.18 Å². The van der Waals surface area contributed by atoms with Gasteiger partial charge in [0.05, 0.1) is 11.9 Å². The van der Waals surface area contributed by atoms with E-state index in [4.69, 9.17) is 5.73 Å². The van der Waals surface area contributed by atoms with Crippen LogP contribution in [-0.4, -0.2) is 20.9 Å². The van der Waals surface area contributed by atoms with E-state index in [0.717, 1.165) is 0 Å². The van der Waals surface area contributed by atoms with Crippen LogP contribution in [0, 0.1) is 5.82 Å². The lowest BCUT2D eigenvalue weighted by Gasteiger charge is -2.11. The van der Waals surface area contributed by atoms with Crippen molar-refractivity contribution in [2.45, 2.75) is 19.5 Å². The molecule has 1 unspecified atom stereocenters. The van der Waals surface area contributed by atoms with Crippen LogP contribution >= 0.6 is 0 Å². The van der Waals surface area contributed by atoms with E-state index in [9.17, 15) is 9.18 Å². The Balaban J connectivity index is 2.04. The molecule has 0 fully saturated rings. The Morgan fingerprint density at radius 3 is 2.74 bits per heavy atom. The van der Waals surface area contributed by atoms with Crippen LogP contribution in [0.5, 0.6) is 0 Å². The second-order valence-corrected chi connectivity index (χ2v) is 4.07. The zero-order chi connectivity index (χ0) is 13.8. The van der Waals surface area contributed by atoms with Gasteiger partial charge < -0.3 is 11.1 Å². The van der Waals surface area contributed by atoms with E-state index in [2.05, 4.69) is 15.6 Å². The number of carbonyl (C=O) groups is 1. The lowest BCUT2D eigenvalue weighted by Crippen LogP contribution is -2.24. The molecular formula is C12H14FN5O. The smallest absolute Gasteiger partial charge is 0.249 e. The Labute approximate surface area is 109 Å². The summed E-state index contributed by atoms with van der Waals surface area (Å²) in [5, 5.41) is 10.3. The second kappa shape index (κ2) is 5.57. The third-order valence-electron chi connectivity index (χ3n) is 2.65. The van der Waals surface area contributed by atoms with E-state index < -0.39 is 6.04 Å². The maximum atomic E-state index is 12.7. The number of halogens is 1. The number of amides is 1. The monoisotopic (exact) mass is 263 g/mol. The number of nitrogens with zero attached hydrogens (tertiary/aromatic N) is 3. The first kappa shape index (κ1) is 13.2. The molecule has 6 nitrogen and oxygen atoms in total. The van der Waals surface area contributed by atoms with Gasteiger partial charge in [-0.25, -0.2) is 9.07 Å². The number of hydrogen-bond donors (Lipinski definition) is 2. The van der Waals surface area contributed by atoms with Gasteiger partial charge in [0.1, 0.15) is 11.9 Å². The van der Waals surface area contributed by atoms with Gasteiger partial charge in [0.2, 0.25) is 5.91 Å². The SMILES string of the molecule is CC(C(=O)Nc1ccc(F)cc1)n1cc(CN)nn1. The van der Waals surface area contributed by atoms with Crippen LogP contribution in [0.15, 0.2) is 30.5 Å². The summed E-state index contributed by atoms with van der Waals surface area (Å²) in [6.45, 7) is 1.96. The maximum absolute atomic E-state index is 12.7. The molecule has 2 rings (SSSR count). The molecule has 1 heterocycles. The third-order valence-corrected chi connectivity index (χ3v) is 2.65. The minimum Gasteiger partial charge on any atom is -0.325 e. The highest BCUT2D eigenvalue weighted by molar-refractivity contribution is 5.93. The Morgan fingerprint density at radius 2 is 2.16 bits per heavy atom. The van der Waals surface area contributed by atoms with E-state index >= 15 is 0 Å². The third kappa shape index (κ3) is 3.14. The zero-order valence-electron chi connectivity index (χ0n) is 10.4. The van der Waals surface area contributed by atoms with Crippen molar-refractivity contribution in [3.05, 3.63) is 42.0 Å². The molecule has 0 aliphatic heterocycles. The van der Waals surface area contributed by atoms with Gasteiger partial charge in [0, 0.05) is 12.2 Å². The molecule has 19 heavy (non-hydrogen) atoms. The predicted molar refractivity (Wildman–Crippen MR) is 67.7 cm³/mol. The lowest BCUT2D eigenvalue weighted by atomic mass is 10.2. The minimum absolute atomic E-state index is 0.264. The first-order valence-electron chi connectivity index (χ1n) is 5.77. The van der Waals surface area contributed by atoms with Crippen LogP contribution in [0.4, 0.5) is 10.1 Å². The maximum Gasteiger partial charge on any atom is 0.249 e. The molecule has 0 radical (unpaired) electrons. The average molecular weight is 263 g/mol. The molecule has 1 amide bonds. The van der Waals surface area contributed by atoms with Gasteiger partial charge in [-0.1, -0.05) is 5.21 Å². The zero-order valence-corrected chi connectivity index (χ0v) is 10.4. The highest BCUT2D eigenvalue weighted by Gasteiger charge is 2.16. The van der Waals surface area contributed by atoms with Gasteiger partial charge in [0.15, 0.2) is 0 Å². The first-order chi connectivity index (χ1) is 9.10. The molecule has 7 heteroatoms. The number of carbonyl (C=O) groups excluding carboxylic acids is 1. The number of rotatable bonds is 4. The van der Waals surface area contributed by atoms with Crippen LogP contribution in [-0.2, 0) is 11.3 Å². The van der Waals surface area contributed by atoms with Crippen molar-refractivity contribution in [2.75, 3.05) is 5.32 Å². The Hall–Kier alpha value is -2.28. The van der Waals surface area contributed by atoms with Crippen molar-refractivity contribution in [3.63, 3.8) is 0 Å². The number of hydrogen-bond acceptors (Lipinski definition) is 4. The topological polar surface area (TPSA) is 85.8 Å². The number of nitrogens with two attached hydrogens (primary N) is 1. The largest absolute Gasteiger partial charge is 0.325 e. The summed E-state index contributed by atoms with van der Waals surface area (Å²) >= 11 is 0. The van der Waals surface area contributed by atoms with Crippen LogP contribution in [0.2, 0.25) is 0 Å². The molecule has 1 aromatic carbocycles. The molecule has 0 saturated carbocycles. The quantitative estimate of drug-likeness (QED) is 0.864. The van der Waals surface area contributed by atoms with Crippen LogP contribution in [0.25, 0.3) is 0 Å². The van der Waals surface area contributed by atoms with Crippen molar-refractivity contribution in [1.29, 1.82) is 0 Å². The molecule has 1 atom stereocenters. The van der Waals surface area contributed by atoms with Crippen LogP contribution in [0.1, 0.15) is 18.7 Å². The molecule has 0 aliphatic carbocycles. The average Bonchev–Trinajstić information content (AvgIpc) is 2.89. The standard InChI is InChI=1S/C12H14FN5O/c1-8(18-7-11(6-14)16-17-18)12(19)15-10-4-2-9(13)3-5-10/h2-5,7-8H,6,14H2,1H3,(H,15,19). The summed E-state index contributed by atoms with van der Waals surface area (Å²) < 4.78 is 14.2. The number of aromatic nitrogens is 3. The molecule has 0 spiro atoms. The van der Waals surface area contributed by atoms with E-state index in [1.807, 2.05) is 0 Å². The van der Waals surface area contributed by atoms with Crippen molar-refractivity contribution >= 4 is 11.6 Å². The molecular weight excluding hydrogens is 249 g/mol. The number of nitrogens with one attached hydrogen (secondary N) is 1. The van der Waals surface area contributed by atoms with Gasteiger partial charge in [0.25, 0.3) is 0 Å². The highest BCUT2D eigenvalue weighted by Crippen LogP contribution is 2.12. The van der Waals surface area contributed by atoms with E-state index in [-0.39, 0.29) is 18.3 Å². The summed E-state index contributed by atoms with van der Waals surface area (Å²) in [7, 11) is 0. The first-order valence-corrected chi connectivity index (χ1v) is 5.77. The Bertz CT molecular complexity index is 566. The highest BCUT2D eigenvalue weighted by atomic mass is 19.1. The molecule has 0 saturated heterocycles. The van der Waals surface area contributed by atoms with Gasteiger partial charge in [-0.3, -0.25) is 4.79 Å². The number of benzene rings is 1. The minimum atomic E-state index is -0.530. The molecule has 3 N–H and O–H groups in total. The van der Waals surface area contributed by atoms with Gasteiger partial charge in [-0.2, -0.15) is 0 Å².